The first-order valence-corrected chi connectivity index (χ1v) is 9.85. The maximum Gasteiger partial charge on any atom is 0.257 e. The molecular weight excluding hydrogens is 514 g/mol. The van der Waals surface area contributed by atoms with Crippen LogP contribution in [0.25, 0.3) is 0 Å². The molecule has 0 aliphatic rings. The molecule has 1 unspecified atom stereocenters. The Bertz CT molecular complexity index is 851. The lowest BCUT2D eigenvalue weighted by Crippen LogP contribution is -2.41. The van der Waals surface area contributed by atoms with E-state index in [-0.39, 0.29) is 48.4 Å². The second-order valence-electron chi connectivity index (χ2n) is 6.58. The Morgan fingerprint density at radius 2 is 1.84 bits per heavy atom. The normalized spacial score (nSPS) is 11.7. The van der Waals surface area contributed by atoms with Gasteiger partial charge in [-0.2, -0.15) is 0 Å². The number of carbonyl (C=O) groups excluding carboxylic acids is 1. The molecule has 0 fully saturated rings. The van der Waals surface area contributed by atoms with Crippen molar-refractivity contribution in [3.63, 3.8) is 0 Å². The van der Waals surface area contributed by atoms with Crippen molar-refractivity contribution in [2.45, 2.75) is 26.5 Å². The number of likely N-dealkylation sites (N-methyl/N-ethyl adjacent to an activating group) is 1. The van der Waals surface area contributed by atoms with Crippen molar-refractivity contribution < 1.29 is 18.7 Å². The van der Waals surface area contributed by atoms with Gasteiger partial charge >= 0.3 is 0 Å². The summed E-state index contributed by atoms with van der Waals surface area (Å²) in [5, 5.41) is 9.08. The van der Waals surface area contributed by atoms with Crippen LogP contribution in [0.15, 0.2) is 53.5 Å². The molecule has 1 amide bonds. The second-order valence-corrected chi connectivity index (χ2v) is 6.58. The highest BCUT2D eigenvalue weighted by Gasteiger charge is 2.07. The van der Waals surface area contributed by atoms with E-state index in [1.165, 1.54) is 12.1 Å². The van der Waals surface area contributed by atoms with Gasteiger partial charge in [0, 0.05) is 26.2 Å². The highest BCUT2D eigenvalue weighted by Crippen LogP contribution is 2.14. The fourth-order valence-electron chi connectivity index (χ4n) is 2.60. The lowest BCUT2D eigenvalue weighted by atomic mass is 10.2. The number of nitrogens with one attached hydrogen (secondary N) is 3. The van der Waals surface area contributed by atoms with Crippen LogP contribution in [-0.4, -0.2) is 44.7 Å². The van der Waals surface area contributed by atoms with E-state index in [0.717, 1.165) is 5.56 Å². The summed E-state index contributed by atoms with van der Waals surface area (Å²) in [6, 6.07) is 13.6. The molecule has 2 aromatic carbocycles. The largest absolute Gasteiger partial charge is 0.489 e. The van der Waals surface area contributed by atoms with Crippen LogP contribution in [0.5, 0.6) is 11.5 Å². The number of benzene rings is 2. The van der Waals surface area contributed by atoms with Gasteiger partial charge in [0.1, 0.15) is 23.4 Å². The minimum atomic E-state index is -0.331. The smallest absolute Gasteiger partial charge is 0.257 e. The van der Waals surface area contributed by atoms with Crippen LogP contribution in [0, 0.1) is 5.82 Å². The van der Waals surface area contributed by atoms with Gasteiger partial charge in [0.25, 0.3) is 5.91 Å². The number of carbonyl (C=O) groups is 1. The van der Waals surface area contributed by atoms with E-state index < -0.39 is 0 Å². The lowest BCUT2D eigenvalue weighted by Gasteiger charge is -2.18. The summed E-state index contributed by atoms with van der Waals surface area (Å²) >= 11 is 0. The summed E-state index contributed by atoms with van der Waals surface area (Å²) in [4.78, 5) is 15.7. The van der Waals surface area contributed by atoms with Crippen LogP contribution in [0.4, 0.5) is 4.39 Å². The summed E-state index contributed by atoms with van der Waals surface area (Å²) in [5.41, 5.74) is 0.982. The van der Waals surface area contributed by atoms with Crippen molar-refractivity contribution in [2.75, 3.05) is 26.7 Å². The molecule has 0 saturated carbocycles. The molecule has 0 aromatic heterocycles. The predicted molar refractivity (Wildman–Crippen MR) is 131 cm³/mol. The van der Waals surface area contributed by atoms with E-state index >= 15 is 0 Å². The Morgan fingerprint density at radius 3 is 2.55 bits per heavy atom. The highest BCUT2D eigenvalue weighted by molar-refractivity contribution is 14.0. The molecule has 1 atom stereocenters. The Labute approximate surface area is 199 Å². The Hall–Kier alpha value is -2.56. The van der Waals surface area contributed by atoms with Gasteiger partial charge in [-0.3, -0.25) is 9.79 Å². The maximum absolute atomic E-state index is 13.2. The van der Waals surface area contributed by atoms with Crippen molar-refractivity contribution in [3.8, 4) is 11.5 Å². The Kier molecular flexibility index (Phi) is 12.3. The SMILES string of the molecule is CCNC(=O)COc1cccc(CNC(=NC)NCC(C)Oc2cccc(F)c2)c1.I. The topological polar surface area (TPSA) is 84.0 Å². The Morgan fingerprint density at radius 1 is 1.10 bits per heavy atom. The standard InChI is InChI=1S/C22H29FN4O3.HI/c1-4-25-21(28)15-29-19-9-5-7-17(11-19)14-27-22(24-3)26-13-16(2)30-20-10-6-8-18(23)12-20;/h5-12,16H,4,13-15H2,1-3H3,(H,25,28)(H2,24,26,27);1H. The van der Waals surface area contributed by atoms with Crippen molar-refractivity contribution >= 4 is 35.8 Å². The van der Waals surface area contributed by atoms with Gasteiger partial charge < -0.3 is 25.4 Å². The quantitative estimate of drug-likeness (QED) is 0.243. The van der Waals surface area contributed by atoms with Crippen molar-refractivity contribution in [1.82, 2.24) is 16.0 Å². The van der Waals surface area contributed by atoms with Gasteiger partial charge in [-0.1, -0.05) is 18.2 Å². The highest BCUT2D eigenvalue weighted by atomic mass is 127. The maximum atomic E-state index is 13.2. The molecule has 31 heavy (non-hydrogen) atoms. The number of hydrogen-bond acceptors (Lipinski definition) is 4. The molecule has 2 aromatic rings. The van der Waals surface area contributed by atoms with Gasteiger partial charge in [0.2, 0.25) is 0 Å². The molecule has 0 spiro atoms. The number of rotatable bonds is 10. The number of nitrogens with zero attached hydrogens (tertiary/aromatic N) is 1. The molecule has 3 N–H and O–H groups in total. The summed E-state index contributed by atoms with van der Waals surface area (Å²) < 4.78 is 24.5. The molecule has 2 rings (SSSR count). The number of guanidine groups is 1. The zero-order valence-corrected chi connectivity index (χ0v) is 20.3. The first-order valence-electron chi connectivity index (χ1n) is 9.85. The minimum Gasteiger partial charge on any atom is -0.489 e. The summed E-state index contributed by atoms with van der Waals surface area (Å²) in [5.74, 6) is 1.23. The fraction of sp³-hybridized carbons (Fsp3) is 0.364. The van der Waals surface area contributed by atoms with Crippen molar-refractivity contribution in [1.29, 1.82) is 0 Å². The molecule has 9 heteroatoms. The average Bonchev–Trinajstić information content (AvgIpc) is 2.73. The van der Waals surface area contributed by atoms with E-state index in [2.05, 4.69) is 20.9 Å². The molecule has 0 aliphatic heterocycles. The molecule has 7 nitrogen and oxygen atoms in total. The lowest BCUT2D eigenvalue weighted by molar-refractivity contribution is -0.122. The van der Waals surface area contributed by atoms with Crippen molar-refractivity contribution in [2.24, 2.45) is 4.99 Å². The van der Waals surface area contributed by atoms with Crippen molar-refractivity contribution in [3.05, 3.63) is 59.9 Å². The number of hydrogen-bond donors (Lipinski definition) is 3. The molecule has 0 radical (unpaired) electrons. The first kappa shape index (κ1) is 26.5. The Balaban J connectivity index is 0.00000480. The van der Waals surface area contributed by atoms with E-state index in [4.69, 9.17) is 9.47 Å². The van der Waals surface area contributed by atoms with E-state index in [1.807, 2.05) is 32.0 Å². The minimum absolute atomic E-state index is 0. The van der Waals surface area contributed by atoms with Gasteiger partial charge in [-0.25, -0.2) is 4.39 Å². The zero-order chi connectivity index (χ0) is 21.8. The van der Waals surface area contributed by atoms with Crippen LogP contribution >= 0.6 is 24.0 Å². The van der Waals surface area contributed by atoms with E-state index in [0.29, 0.717) is 37.1 Å². The monoisotopic (exact) mass is 544 g/mol. The number of amides is 1. The van der Waals surface area contributed by atoms with Gasteiger partial charge in [0.05, 0.1) is 6.54 Å². The summed E-state index contributed by atoms with van der Waals surface area (Å²) in [7, 11) is 1.68. The fourth-order valence-corrected chi connectivity index (χ4v) is 2.60. The van der Waals surface area contributed by atoms with E-state index in [9.17, 15) is 9.18 Å². The molecular formula is C22H30FIN4O3. The number of aliphatic imine (C=N–C) groups is 1. The van der Waals surface area contributed by atoms with Crippen LogP contribution in [-0.2, 0) is 11.3 Å². The van der Waals surface area contributed by atoms with Gasteiger partial charge in [-0.15, -0.1) is 24.0 Å². The summed E-state index contributed by atoms with van der Waals surface area (Å²) in [6.45, 7) is 5.32. The first-order chi connectivity index (χ1) is 14.5. The predicted octanol–water partition coefficient (Wildman–Crippen LogP) is 3.09. The number of ether oxygens (including phenoxy) is 2. The third-order valence-electron chi connectivity index (χ3n) is 4.02. The van der Waals surface area contributed by atoms with Gasteiger partial charge in [0.15, 0.2) is 12.6 Å². The second kappa shape index (κ2) is 14.4. The molecule has 170 valence electrons. The van der Waals surface area contributed by atoms with Crippen LogP contribution < -0.4 is 25.4 Å². The van der Waals surface area contributed by atoms with Gasteiger partial charge in [-0.05, 0) is 43.7 Å². The zero-order valence-electron chi connectivity index (χ0n) is 18.0. The third-order valence-corrected chi connectivity index (χ3v) is 4.02. The summed E-state index contributed by atoms with van der Waals surface area (Å²) in [6.07, 6.45) is -0.184. The molecule has 0 saturated heterocycles. The van der Waals surface area contributed by atoms with Crippen LogP contribution in [0.3, 0.4) is 0 Å². The molecule has 0 heterocycles. The number of halogens is 2. The van der Waals surface area contributed by atoms with Crippen LogP contribution in [0.2, 0.25) is 0 Å². The third kappa shape index (κ3) is 10.3. The molecule has 0 bridgehead atoms. The van der Waals surface area contributed by atoms with E-state index in [1.54, 1.807) is 25.2 Å². The molecule has 0 aliphatic carbocycles. The van der Waals surface area contributed by atoms with Crippen LogP contribution in [0.1, 0.15) is 19.4 Å². The average molecular weight is 544 g/mol.